The van der Waals surface area contributed by atoms with Crippen LogP contribution in [0.5, 0.6) is 0 Å². The topological polar surface area (TPSA) is 0 Å². The summed E-state index contributed by atoms with van der Waals surface area (Å²) in [5.74, 6) is 0.481. The van der Waals surface area contributed by atoms with Gasteiger partial charge in [-0.25, -0.2) is 0 Å². The Balaban J connectivity index is 3.59. The van der Waals surface area contributed by atoms with Gasteiger partial charge in [-0.2, -0.15) is 0 Å². The Bertz CT molecular complexity index is 871. The highest BCUT2D eigenvalue weighted by Crippen LogP contribution is 2.37. The molecule has 0 saturated heterocycles. The van der Waals surface area contributed by atoms with Crippen molar-refractivity contribution < 1.29 is 0 Å². The highest BCUT2D eigenvalue weighted by Gasteiger charge is 2.18. The molecule has 0 bridgehead atoms. The first-order chi connectivity index (χ1) is 15.7. The molecule has 33 heavy (non-hydrogen) atoms. The first-order valence-corrected chi connectivity index (χ1v) is 13.2. The van der Waals surface area contributed by atoms with Gasteiger partial charge < -0.3 is 0 Å². The number of hydrogen-bond donors (Lipinski definition) is 0. The molecule has 0 N–H and O–H groups in total. The average molecular weight is 447 g/mol. The molecule has 0 unspecified atom stereocenters. The molecule has 0 aromatic carbocycles. The van der Waals surface area contributed by atoms with Crippen LogP contribution in [0.3, 0.4) is 0 Å². The Labute approximate surface area is 206 Å². The molecule has 0 heterocycles. The maximum atomic E-state index is 4.38. The first kappa shape index (κ1) is 29.0. The average Bonchev–Trinajstić information content (AvgIpc) is 3.02. The van der Waals surface area contributed by atoms with Gasteiger partial charge in [0.15, 0.2) is 0 Å². The van der Waals surface area contributed by atoms with Crippen LogP contribution in [0, 0.1) is 5.92 Å². The maximum Gasteiger partial charge on any atom is -0.0163 e. The van der Waals surface area contributed by atoms with Crippen molar-refractivity contribution >= 4 is 0 Å². The molecule has 0 fully saturated rings. The van der Waals surface area contributed by atoms with Crippen molar-refractivity contribution in [2.45, 2.75) is 107 Å². The lowest BCUT2D eigenvalue weighted by molar-refractivity contribution is 0.741. The number of allylic oxidation sites excluding steroid dienone is 14. The fourth-order valence-electron chi connectivity index (χ4n) is 5.16. The van der Waals surface area contributed by atoms with Gasteiger partial charge in [-0.3, -0.25) is 0 Å². The Kier molecular flexibility index (Phi) is 13.1. The molecular weight excluding hydrogens is 396 g/mol. The summed E-state index contributed by atoms with van der Waals surface area (Å²) in [6.45, 7) is 26.7. The molecule has 1 aliphatic carbocycles. The highest BCUT2D eigenvalue weighted by atomic mass is 14.2. The third kappa shape index (κ3) is 8.65. The summed E-state index contributed by atoms with van der Waals surface area (Å²) in [5, 5.41) is 0. The standard InChI is InChI=1S/C33H50/c1-11-18-28(19-12-2)31(32(25(6)7)26(8)9)23-22-27(10)33(30(13-3)24(4)5)29-20-16-14-15-17-21-29/h13-14,16,18,20,26H,4,6,11-12,15,17,19,21-23H2,1-3,5,7-10H3. The quantitative estimate of drug-likeness (QED) is 0.261. The van der Waals surface area contributed by atoms with Crippen molar-refractivity contribution in [1.29, 1.82) is 0 Å². The Morgan fingerprint density at radius 3 is 2.24 bits per heavy atom. The Morgan fingerprint density at radius 1 is 1.03 bits per heavy atom. The van der Waals surface area contributed by atoms with Gasteiger partial charge in [-0.1, -0.05) is 94.4 Å². The molecule has 0 nitrogen and oxygen atoms in total. The summed E-state index contributed by atoms with van der Waals surface area (Å²) >= 11 is 0. The van der Waals surface area contributed by atoms with E-state index in [4.69, 9.17) is 0 Å². The zero-order valence-electron chi connectivity index (χ0n) is 23.0. The lowest BCUT2D eigenvalue weighted by Gasteiger charge is -2.24. The third-order valence-corrected chi connectivity index (χ3v) is 6.49. The van der Waals surface area contributed by atoms with Crippen LogP contribution in [0.25, 0.3) is 0 Å². The first-order valence-electron chi connectivity index (χ1n) is 13.2. The van der Waals surface area contributed by atoms with E-state index in [0.717, 1.165) is 44.1 Å². The smallest absolute Gasteiger partial charge is 0.0163 e. The molecule has 0 heteroatoms. The SMILES string of the molecule is C=C(C)C(=CC)C(C1=CC=CCCC1)=C(C)CCC(C(=CCC)CCC)=C(C(=C)C)C(C)C. The van der Waals surface area contributed by atoms with Gasteiger partial charge in [-0.15, -0.1) is 0 Å². The van der Waals surface area contributed by atoms with Crippen LogP contribution in [0.1, 0.15) is 107 Å². The lowest BCUT2D eigenvalue weighted by Crippen LogP contribution is -2.06. The highest BCUT2D eigenvalue weighted by molar-refractivity contribution is 5.57. The summed E-state index contributed by atoms with van der Waals surface area (Å²) < 4.78 is 0. The van der Waals surface area contributed by atoms with Crippen LogP contribution in [0.2, 0.25) is 0 Å². The van der Waals surface area contributed by atoms with E-state index in [2.05, 4.69) is 98.9 Å². The van der Waals surface area contributed by atoms with Crippen molar-refractivity contribution in [3.8, 4) is 0 Å². The minimum atomic E-state index is 0.481. The van der Waals surface area contributed by atoms with E-state index in [1.54, 1.807) is 0 Å². The zero-order valence-corrected chi connectivity index (χ0v) is 23.0. The fourth-order valence-corrected chi connectivity index (χ4v) is 5.16. The molecule has 1 rings (SSSR count). The van der Waals surface area contributed by atoms with Crippen LogP contribution in [0.15, 0.2) is 93.7 Å². The Morgan fingerprint density at radius 2 is 1.73 bits per heavy atom. The minimum Gasteiger partial charge on any atom is -0.0958 e. The largest absolute Gasteiger partial charge is 0.0958 e. The van der Waals surface area contributed by atoms with Gasteiger partial charge in [0.2, 0.25) is 0 Å². The summed E-state index contributed by atoms with van der Waals surface area (Å²) in [4.78, 5) is 0. The molecule has 0 atom stereocenters. The van der Waals surface area contributed by atoms with E-state index in [-0.39, 0.29) is 0 Å². The predicted octanol–water partition coefficient (Wildman–Crippen LogP) is 10.9. The van der Waals surface area contributed by atoms with Crippen molar-refractivity contribution in [2.75, 3.05) is 0 Å². The summed E-state index contributed by atoms with van der Waals surface area (Å²) in [5.41, 5.74) is 12.6. The van der Waals surface area contributed by atoms with E-state index in [1.165, 1.54) is 57.4 Å². The number of rotatable bonds is 12. The molecule has 0 aromatic heterocycles. The molecule has 0 aliphatic heterocycles. The molecular formula is C33H50. The Hall–Kier alpha value is -2.08. The normalized spacial score (nSPS) is 16.8. The second-order valence-electron chi connectivity index (χ2n) is 9.87. The third-order valence-electron chi connectivity index (χ3n) is 6.49. The minimum absolute atomic E-state index is 0.481. The second-order valence-corrected chi connectivity index (χ2v) is 9.87. The van der Waals surface area contributed by atoms with Gasteiger partial charge >= 0.3 is 0 Å². The van der Waals surface area contributed by atoms with E-state index < -0.39 is 0 Å². The predicted molar refractivity (Wildman–Crippen MR) is 152 cm³/mol. The maximum absolute atomic E-state index is 4.38. The van der Waals surface area contributed by atoms with Gasteiger partial charge in [0.25, 0.3) is 0 Å². The number of hydrogen-bond acceptors (Lipinski definition) is 0. The molecule has 1 aliphatic rings. The second kappa shape index (κ2) is 14.9. The fraction of sp³-hybridized carbons (Fsp3) is 0.515. The monoisotopic (exact) mass is 446 g/mol. The molecule has 0 radical (unpaired) electrons. The van der Waals surface area contributed by atoms with E-state index >= 15 is 0 Å². The van der Waals surface area contributed by atoms with Crippen LogP contribution < -0.4 is 0 Å². The van der Waals surface area contributed by atoms with Crippen molar-refractivity contribution in [2.24, 2.45) is 5.92 Å². The van der Waals surface area contributed by atoms with Crippen molar-refractivity contribution in [1.82, 2.24) is 0 Å². The molecule has 0 amide bonds. The van der Waals surface area contributed by atoms with Crippen molar-refractivity contribution in [3.63, 3.8) is 0 Å². The summed E-state index contributed by atoms with van der Waals surface area (Å²) in [6, 6.07) is 0. The van der Waals surface area contributed by atoms with Crippen LogP contribution in [-0.4, -0.2) is 0 Å². The molecule has 0 saturated carbocycles. The lowest BCUT2D eigenvalue weighted by atomic mass is 9.81. The van der Waals surface area contributed by atoms with Crippen molar-refractivity contribution in [3.05, 3.63) is 93.7 Å². The van der Waals surface area contributed by atoms with E-state index in [1.807, 2.05) is 0 Å². The van der Waals surface area contributed by atoms with Gasteiger partial charge in [-0.05, 0) is 112 Å². The molecule has 0 spiro atoms. The van der Waals surface area contributed by atoms with E-state index in [0.29, 0.717) is 5.92 Å². The van der Waals surface area contributed by atoms with Crippen LogP contribution in [0.4, 0.5) is 0 Å². The summed E-state index contributed by atoms with van der Waals surface area (Å²) in [7, 11) is 0. The van der Waals surface area contributed by atoms with E-state index in [9.17, 15) is 0 Å². The molecule has 0 aromatic rings. The zero-order chi connectivity index (χ0) is 25.0. The van der Waals surface area contributed by atoms with Gasteiger partial charge in [0.05, 0.1) is 0 Å². The summed E-state index contributed by atoms with van der Waals surface area (Å²) in [6.07, 6.45) is 20.6. The van der Waals surface area contributed by atoms with Gasteiger partial charge in [0, 0.05) is 0 Å². The molecule has 182 valence electrons. The van der Waals surface area contributed by atoms with Gasteiger partial charge in [0.1, 0.15) is 0 Å². The van der Waals surface area contributed by atoms with Crippen LogP contribution >= 0.6 is 0 Å². The van der Waals surface area contributed by atoms with Crippen LogP contribution in [-0.2, 0) is 0 Å².